The summed E-state index contributed by atoms with van der Waals surface area (Å²) in [6.07, 6.45) is -3.10. The summed E-state index contributed by atoms with van der Waals surface area (Å²) in [5.74, 6) is 0.0991. The molecule has 4 aromatic rings. The summed E-state index contributed by atoms with van der Waals surface area (Å²) in [5.41, 5.74) is 0.592. The van der Waals surface area contributed by atoms with Crippen LogP contribution in [0.25, 0.3) is 22.3 Å². The monoisotopic (exact) mass is 386 g/mol. The zero-order valence-electron chi connectivity index (χ0n) is 14.6. The Labute approximate surface area is 156 Å². The molecule has 0 atom stereocenters. The van der Waals surface area contributed by atoms with Gasteiger partial charge in [0.25, 0.3) is 5.56 Å². The Bertz CT molecular complexity index is 1230. The highest BCUT2D eigenvalue weighted by atomic mass is 19.4. The second-order valence-electron chi connectivity index (χ2n) is 6.29. The third-order valence-corrected chi connectivity index (χ3v) is 4.20. The van der Waals surface area contributed by atoms with Crippen molar-refractivity contribution in [1.29, 1.82) is 0 Å². The first kappa shape index (κ1) is 17.9. The highest BCUT2D eigenvalue weighted by Gasteiger charge is 2.30. The summed E-state index contributed by atoms with van der Waals surface area (Å²) in [4.78, 5) is 21.0. The molecule has 2 heterocycles. The number of nitrogens with zero attached hydrogens (tertiary/aromatic N) is 4. The lowest BCUT2D eigenvalue weighted by atomic mass is 10.1. The Balaban J connectivity index is 1.65. The Kier molecular flexibility index (Phi) is 4.21. The number of alkyl halides is 3. The second kappa shape index (κ2) is 6.59. The number of rotatable bonds is 3. The van der Waals surface area contributed by atoms with Crippen LogP contribution in [0.15, 0.2) is 58.1 Å². The van der Waals surface area contributed by atoms with Gasteiger partial charge in [0.05, 0.1) is 22.8 Å². The highest BCUT2D eigenvalue weighted by molar-refractivity contribution is 5.77. The number of halogens is 3. The molecule has 2 aromatic carbocycles. The van der Waals surface area contributed by atoms with Crippen molar-refractivity contribution in [3.8, 4) is 11.4 Å². The van der Waals surface area contributed by atoms with Gasteiger partial charge in [-0.1, -0.05) is 28.9 Å². The minimum absolute atomic E-state index is 0.0127. The predicted octanol–water partition coefficient (Wildman–Crippen LogP) is 3.82. The zero-order valence-corrected chi connectivity index (χ0v) is 14.6. The lowest BCUT2D eigenvalue weighted by Gasteiger charge is -2.06. The molecule has 0 bridgehead atoms. The summed E-state index contributed by atoms with van der Waals surface area (Å²) in [7, 11) is 0. The molecule has 0 radical (unpaired) electrons. The predicted molar refractivity (Wildman–Crippen MR) is 94.6 cm³/mol. The van der Waals surface area contributed by atoms with Crippen LogP contribution in [0.2, 0.25) is 0 Å². The van der Waals surface area contributed by atoms with Crippen LogP contribution < -0.4 is 5.56 Å². The van der Waals surface area contributed by atoms with Crippen molar-refractivity contribution in [3.05, 3.63) is 76.2 Å². The molecule has 0 aliphatic heterocycles. The van der Waals surface area contributed by atoms with Crippen LogP contribution in [-0.4, -0.2) is 19.7 Å². The topological polar surface area (TPSA) is 73.8 Å². The summed E-state index contributed by atoms with van der Waals surface area (Å²) < 4.78 is 45.0. The van der Waals surface area contributed by atoms with Gasteiger partial charge in [0.1, 0.15) is 6.54 Å². The molecule has 0 aliphatic rings. The van der Waals surface area contributed by atoms with E-state index in [0.29, 0.717) is 10.9 Å². The Morgan fingerprint density at radius 3 is 2.75 bits per heavy atom. The van der Waals surface area contributed by atoms with E-state index in [1.807, 2.05) is 13.0 Å². The fourth-order valence-electron chi connectivity index (χ4n) is 2.80. The Morgan fingerprint density at radius 2 is 1.96 bits per heavy atom. The fourth-order valence-corrected chi connectivity index (χ4v) is 2.80. The van der Waals surface area contributed by atoms with Crippen LogP contribution in [0, 0.1) is 6.92 Å². The summed E-state index contributed by atoms with van der Waals surface area (Å²) in [6, 6.07) is 10.00. The number of fused-ring (bicyclic) bond motifs is 1. The Morgan fingerprint density at radius 1 is 1.14 bits per heavy atom. The van der Waals surface area contributed by atoms with Crippen molar-refractivity contribution in [2.24, 2.45) is 0 Å². The molecule has 142 valence electrons. The fraction of sp³-hybridized carbons (Fsp3) is 0.158. The van der Waals surface area contributed by atoms with Crippen molar-refractivity contribution in [2.75, 3.05) is 0 Å². The minimum Gasteiger partial charge on any atom is -0.337 e. The smallest absolute Gasteiger partial charge is 0.337 e. The van der Waals surface area contributed by atoms with E-state index in [-0.39, 0.29) is 29.4 Å². The average molecular weight is 386 g/mol. The second-order valence-corrected chi connectivity index (χ2v) is 6.29. The molecule has 0 fully saturated rings. The molecular weight excluding hydrogens is 373 g/mol. The molecule has 0 saturated heterocycles. The third-order valence-electron chi connectivity index (χ3n) is 4.20. The number of hydrogen-bond acceptors (Lipinski definition) is 5. The van der Waals surface area contributed by atoms with Crippen LogP contribution >= 0.6 is 0 Å². The maximum atomic E-state index is 12.9. The number of aromatic nitrogens is 4. The first-order chi connectivity index (χ1) is 13.3. The van der Waals surface area contributed by atoms with Gasteiger partial charge in [-0.15, -0.1) is 0 Å². The molecular formula is C19H13F3N4O2. The molecule has 0 aliphatic carbocycles. The average Bonchev–Trinajstić information content (AvgIpc) is 3.13. The molecule has 0 spiro atoms. The maximum Gasteiger partial charge on any atom is 0.416 e. The first-order valence-corrected chi connectivity index (χ1v) is 8.27. The number of benzene rings is 2. The van der Waals surface area contributed by atoms with Crippen molar-refractivity contribution in [2.45, 2.75) is 19.6 Å². The zero-order chi connectivity index (χ0) is 19.9. The van der Waals surface area contributed by atoms with Crippen molar-refractivity contribution in [3.63, 3.8) is 0 Å². The van der Waals surface area contributed by atoms with Gasteiger partial charge >= 0.3 is 6.18 Å². The van der Waals surface area contributed by atoms with E-state index in [0.717, 1.165) is 17.7 Å². The van der Waals surface area contributed by atoms with Gasteiger partial charge in [-0.05, 0) is 31.2 Å². The molecule has 0 amide bonds. The van der Waals surface area contributed by atoms with Crippen LogP contribution in [0.3, 0.4) is 0 Å². The molecule has 4 rings (SSSR count). The summed E-state index contributed by atoms with van der Waals surface area (Å²) in [5, 5.41) is 4.18. The Hall–Kier alpha value is -3.49. The number of hydrogen-bond donors (Lipinski definition) is 0. The summed E-state index contributed by atoms with van der Waals surface area (Å²) in [6.45, 7) is 1.83. The van der Waals surface area contributed by atoms with E-state index < -0.39 is 11.7 Å². The van der Waals surface area contributed by atoms with Gasteiger partial charge < -0.3 is 4.52 Å². The van der Waals surface area contributed by atoms with Gasteiger partial charge in [0.15, 0.2) is 0 Å². The van der Waals surface area contributed by atoms with Gasteiger partial charge in [0.2, 0.25) is 11.7 Å². The van der Waals surface area contributed by atoms with Crippen LogP contribution in [0.5, 0.6) is 0 Å². The molecule has 0 N–H and O–H groups in total. The van der Waals surface area contributed by atoms with E-state index in [1.165, 1.54) is 23.0 Å². The number of aryl methyl sites for hydroxylation is 1. The molecule has 6 nitrogen and oxygen atoms in total. The van der Waals surface area contributed by atoms with Crippen molar-refractivity contribution >= 4 is 10.9 Å². The third kappa shape index (κ3) is 3.38. The first-order valence-electron chi connectivity index (χ1n) is 8.27. The van der Waals surface area contributed by atoms with E-state index in [2.05, 4.69) is 15.1 Å². The van der Waals surface area contributed by atoms with E-state index in [9.17, 15) is 18.0 Å². The molecule has 28 heavy (non-hydrogen) atoms. The van der Waals surface area contributed by atoms with E-state index in [4.69, 9.17) is 4.52 Å². The quantitative estimate of drug-likeness (QED) is 0.535. The SMILES string of the molecule is Cc1ccc2ncn(Cc3nc(-c4cccc(C(F)(F)F)c4)no3)c(=O)c2c1. The highest BCUT2D eigenvalue weighted by Crippen LogP contribution is 2.31. The largest absolute Gasteiger partial charge is 0.416 e. The molecule has 0 unspecified atom stereocenters. The molecule has 2 aromatic heterocycles. The normalized spacial score (nSPS) is 11.9. The van der Waals surface area contributed by atoms with Gasteiger partial charge in [0, 0.05) is 5.56 Å². The lowest BCUT2D eigenvalue weighted by molar-refractivity contribution is -0.137. The van der Waals surface area contributed by atoms with Crippen LogP contribution in [-0.2, 0) is 12.7 Å². The van der Waals surface area contributed by atoms with Crippen molar-refractivity contribution in [1.82, 2.24) is 19.7 Å². The maximum absolute atomic E-state index is 12.9. The van der Waals surface area contributed by atoms with Gasteiger partial charge in [-0.3, -0.25) is 9.36 Å². The van der Waals surface area contributed by atoms with Crippen LogP contribution in [0.4, 0.5) is 13.2 Å². The van der Waals surface area contributed by atoms with Gasteiger partial charge in [-0.2, -0.15) is 18.2 Å². The van der Waals surface area contributed by atoms with Crippen LogP contribution in [0.1, 0.15) is 17.0 Å². The van der Waals surface area contributed by atoms with E-state index >= 15 is 0 Å². The minimum atomic E-state index is -4.47. The lowest BCUT2D eigenvalue weighted by Crippen LogP contribution is -2.21. The van der Waals surface area contributed by atoms with Crippen molar-refractivity contribution < 1.29 is 17.7 Å². The van der Waals surface area contributed by atoms with Gasteiger partial charge in [-0.25, -0.2) is 4.98 Å². The standard InChI is InChI=1S/C19H13F3N4O2/c1-11-5-6-15-14(7-11)18(27)26(10-23-15)9-16-24-17(25-28-16)12-3-2-4-13(8-12)19(20,21)22/h2-8,10H,9H2,1H3. The summed E-state index contributed by atoms with van der Waals surface area (Å²) >= 11 is 0. The molecule has 0 saturated carbocycles. The molecule has 9 heteroatoms. The van der Waals surface area contributed by atoms with E-state index in [1.54, 1.807) is 12.1 Å².